The Bertz CT molecular complexity index is 1080. The number of rotatable bonds is 3. The summed E-state index contributed by atoms with van der Waals surface area (Å²) in [6.07, 6.45) is 0.845. The number of fused-ring (bicyclic) bond motifs is 1. The van der Waals surface area contributed by atoms with Crippen LogP contribution in [0.1, 0.15) is 24.4 Å². The lowest BCUT2D eigenvalue weighted by Crippen LogP contribution is -2.13. The quantitative estimate of drug-likeness (QED) is 0.709. The minimum Gasteiger partial charge on any atom is -0.380 e. The molecule has 0 radical (unpaired) electrons. The highest BCUT2D eigenvalue weighted by atomic mass is 35.5. The molecule has 0 fully saturated rings. The molecule has 5 nitrogen and oxygen atoms in total. The summed E-state index contributed by atoms with van der Waals surface area (Å²) in [7, 11) is 0. The number of benzene rings is 2. The van der Waals surface area contributed by atoms with Crippen LogP contribution in [0.15, 0.2) is 59.1 Å². The first-order valence-corrected chi connectivity index (χ1v) is 8.77. The van der Waals surface area contributed by atoms with Gasteiger partial charge in [0.1, 0.15) is 23.6 Å². The first-order valence-electron chi connectivity index (χ1n) is 8.39. The highest BCUT2D eigenvalue weighted by molar-refractivity contribution is 6.31. The van der Waals surface area contributed by atoms with E-state index in [1.165, 1.54) is 24.3 Å². The summed E-state index contributed by atoms with van der Waals surface area (Å²) < 4.78 is 13.2. The molecule has 0 spiro atoms. The molecule has 0 saturated carbocycles. The van der Waals surface area contributed by atoms with Crippen molar-refractivity contribution in [2.45, 2.75) is 13.0 Å². The van der Waals surface area contributed by atoms with Crippen LogP contribution < -0.4 is 5.32 Å². The van der Waals surface area contributed by atoms with Crippen LogP contribution in [-0.2, 0) is 0 Å². The minimum atomic E-state index is -1.10. The molecule has 1 aliphatic rings. The number of nitrogens with zero attached hydrogens (tertiary/aromatic N) is 3. The number of aliphatic hydroxyl groups is 1. The molecule has 0 bridgehead atoms. The second kappa shape index (κ2) is 7.06. The van der Waals surface area contributed by atoms with Crippen molar-refractivity contribution in [3.63, 3.8) is 0 Å². The molecule has 1 aliphatic heterocycles. The van der Waals surface area contributed by atoms with E-state index in [0.29, 0.717) is 34.3 Å². The standard InChI is InChI=1S/C20H16ClFN4O/c1-11-8-17(23-10-11)25-19-15-7-4-13(21)9-16(15)24-20(26-19)18(27)12-2-5-14(22)6-3-12/h2-9,18,27H,10H2,1H3,(H,23,24,25,26). The predicted octanol–water partition coefficient (Wildman–Crippen LogP) is 4.27. The van der Waals surface area contributed by atoms with Crippen molar-refractivity contribution in [1.82, 2.24) is 9.97 Å². The van der Waals surface area contributed by atoms with E-state index >= 15 is 0 Å². The lowest BCUT2D eigenvalue weighted by atomic mass is 10.1. The molecule has 0 saturated heterocycles. The number of aliphatic hydroxyl groups excluding tert-OH is 1. The number of aliphatic imine (C=N–C) groups is 1. The average Bonchev–Trinajstić information content (AvgIpc) is 3.06. The molecule has 2 heterocycles. The maximum atomic E-state index is 13.2. The number of amidine groups is 1. The van der Waals surface area contributed by atoms with Crippen molar-refractivity contribution in [2.75, 3.05) is 11.9 Å². The molecule has 7 heteroatoms. The van der Waals surface area contributed by atoms with Crippen molar-refractivity contribution in [3.05, 3.63) is 76.3 Å². The van der Waals surface area contributed by atoms with Crippen LogP contribution in [0.2, 0.25) is 5.02 Å². The largest absolute Gasteiger partial charge is 0.380 e. The number of aromatic nitrogens is 2. The van der Waals surface area contributed by atoms with Crippen LogP contribution in [0.5, 0.6) is 0 Å². The van der Waals surface area contributed by atoms with Crippen molar-refractivity contribution in [2.24, 2.45) is 4.99 Å². The van der Waals surface area contributed by atoms with Crippen molar-refractivity contribution in [1.29, 1.82) is 0 Å². The third-order valence-electron chi connectivity index (χ3n) is 4.23. The van der Waals surface area contributed by atoms with Gasteiger partial charge in [0.05, 0.1) is 12.1 Å². The van der Waals surface area contributed by atoms with Crippen molar-refractivity contribution < 1.29 is 9.50 Å². The van der Waals surface area contributed by atoms with E-state index in [2.05, 4.69) is 20.3 Å². The molecule has 2 aromatic carbocycles. The average molecular weight is 383 g/mol. The van der Waals surface area contributed by atoms with Gasteiger partial charge in [-0.05, 0) is 54.5 Å². The van der Waals surface area contributed by atoms with Gasteiger partial charge in [-0.1, -0.05) is 23.7 Å². The van der Waals surface area contributed by atoms with Crippen LogP contribution in [0.3, 0.4) is 0 Å². The maximum absolute atomic E-state index is 13.2. The third kappa shape index (κ3) is 3.67. The molecule has 4 rings (SSSR count). The summed E-state index contributed by atoms with van der Waals surface area (Å²) in [4.78, 5) is 13.4. The summed E-state index contributed by atoms with van der Waals surface area (Å²) >= 11 is 6.11. The fraction of sp³-hybridized carbons (Fsp3) is 0.150. The zero-order chi connectivity index (χ0) is 19.0. The Balaban J connectivity index is 1.80. The van der Waals surface area contributed by atoms with Crippen molar-refractivity contribution in [3.8, 4) is 0 Å². The summed E-state index contributed by atoms with van der Waals surface area (Å²) in [5.74, 6) is 1.04. The normalized spacial score (nSPS) is 14.8. The van der Waals surface area contributed by atoms with Gasteiger partial charge in [0.25, 0.3) is 0 Å². The Kier molecular flexibility index (Phi) is 4.59. The molecular weight excluding hydrogens is 367 g/mol. The van der Waals surface area contributed by atoms with Gasteiger partial charge in [-0.2, -0.15) is 0 Å². The Morgan fingerprint density at radius 1 is 1.15 bits per heavy atom. The smallest absolute Gasteiger partial charge is 0.164 e. The molecule has 1 atom stereocenters. The van der Waals surface area contributed by atoms with Crippen LogP contribution in [0.25, 0.3) is 10.9 Å². The molecule has 2 N–H and O–H groups in total. The SMILES string of the molecule is CC1=CC(Nc2nc(C(O)c3ccc(F)cc3)nc3cc(Cl)ccc23)=NC1. The number of anilines is 1. The van der Waals surface area contributed by atoms with E-state index < -0.39 is 6.10 Å². The van der Waals surface area contributed by atoms with Crippen LogP contribution in [0, 0.1) is 5.82 Å². The van der Waals surface area contributed by atoms with Crippen LogP contribution in [-0.4, -0.2) is 27.5 Å². The van der Waals surface area contributed by atoms with Gasteiger partial charge in [0.15, 0.2) is 5.82 Å². The first kappa shape index (κ1) is 17.6. The maximum Gasteiger partial charge on any atom is 0.164 e. The van der Waals surface area contributed by atoms with Gasteiger partial charge in [0.2, 0.25) is 0 Å². The Labute approximate surface area is 160 Å². The summed E-state index contributed by atoms with van der Waals surface area (Å²) in [5, 5.41) is 15.2. The van der Waals surface area contributed by atoms with Crippen LogP contribution in [0.4, 0.5) is 10.2 Å². The van der Waals surface area contributed by atoms with Gasteiger partial charge in [-0.3, -0.25) is 4.99 Å². The zero-order valence-corrected chi connectivity index (χ0v) is 15.2. The molecule has 136 valence electrons. The van der Waals surface area contributed by atoms with E-state index in [1.807, 2.05) is 19.1 Å². The fourth-order valence-electron chi connectivity index (χ4n) is 2.86. The summed E-state index contributed by atoms with van der Waals surface area (Å²) in [6.45, 7) is 2.64. The number of hydrogen-bond acceptors (Lipinski definition) is 5. The molecule has 1 aromatic heterocycles. The molecular formula is C20H16ClFN4O. The highest BCUT2D eigenvalue weighted by Gasteiger charge is 2.18. The molecule has 0 amide bonds. The van der Waals surface area contributed by atoms with E-state index in [-0.39, 0.29) is 11.6 Å². The Morgan fingerprint density at radius 2 is 1.93 bits per heavy atom. The van der Waals surface area contributed by atoms with Crippen molar-refractivity contribution >= 4 is 34.2 Å². The summed E-state index contributed by atoms with van der Waals surface area (Å²) in [6, 6.07) is 10.9. The molecule has 1 unspecified atom stereocenters. The molecule has 3 aromatic rings. The molecule has 0 aliphatic carbocycles. The van der Waals surface area contributed by atoms with E-state index in [4.69, 9.17) is 11.6 Å². The fourth-order valence-corrected chi connectivity index (χ4v) is 3.03. The zero-order valence-electron chi connectivity index (χ0n) is 14.4. The number of halogens is 2. The summed E-state index contributed by atoms with van der Waals surface area (Å²) in [5.41, 5.74) is 2.23. The van der Waals surface area contributed by atoms with Gasteiger partial charge in [0, 0.05) is 10.4 Å². The number of nitrogens with one attached hydrogen (secondary N) is 1. The molecule has 27 heavy (non-hydrogen) atoms. The third-order valence-corrected chi connectivity index (χ3v) is 4.47. The monoisotopic (exact) mass is 382 g/mol. The Morgan fingerprint density at radius 3 is 2.63 bits per heavy atom. The lowest BCUT2D eigenvalue weighted by Gasteiger charge is -2.14. The second-order valence-electron chi connectivity index (χ2n) is 6.36. The van der Waals surface area contributed by atoms with Crippen LogP contribution >= 0.6 is 11.6 Å². The minimum absolute atomic E-state index is 0.193. The first-order chi connectivity index (χ1) is 13.0. The van der Waals surface area contributed by atoms with Gasteiger partial charge in [-0.15, -0.1) is 0 Å². The lowest BCUT2D eigenvalue weighted by molar-refractivity contribution is 0.210. The van der Waals surface area contributed by atoms with E-state index in [9.17, 15) is 9.50 Å². The van der Waals surface area contributed by atoms with Gasteiger partial charge < -0.3 is 10.4 Å². The van der Waals surface area contributed by atoms with E-state index in [1.54, 1.807) is 12.1 Å². The second-order valence-corrected chi connectivity index (χ2v) is 6.80. The van der Waals surface area contributed by atoms with Gasteiger partial charge in [-0.25, -0.2) is 14.4 Å². The van der Waals surface area contributed by atoms with Gasteiger partial charge >= 0.3 is 0 Å². The number of hydrogen-bond donors (Lipinski definition) is 2. The highest BCUT2D eigenvalue weighted by Crippen LogP contribution is 2.28. The predicted molar refractivity (Wildman–Crippen MR) is 105 cm³/mol. The topological polar surface area (TPSA) is 70.4 Å². The van der Waals surface area contributed by atoms with E-state index in [0.717, 1.165) is 11.0 Å². The Hall–Kier alpha value is -2.83.